The van der Waals surface area contributed by atoms with E-state index in [9.17, 15) is 0 Å². The maximum absolute atomic E-state index is 4.49. The molecule has 0 aliphatic heterocycles. The predicted molar refractivity (Wildman–Crippen MR) is 63.2 cm³/mol. The second-order valence-electron chi connectivity index (χ2n) is 3.58. The Hall–Kier alpha value is -0.610. The van der Waals surface area contributed by atoms with Crippen LogP contribution in [0.1, 0.15) is 23.9 Å². The van der Waals surface area contributed by atoms with Crippen molar-refractivity contribution in [3.63, 3.8) is 0 Å². The van der Waals surface area contributed by atoms with Gasteiger partial charge in [-0.2, -0.15) is 0 Å². The number of rotatable bonds is 5. The van der Waals surface area contributed by atoms with Crippen molar-refractivity contribution in [3.8, 4) is 0 Å². The predicted octanol–water partition coefficient (Wildman–Crippen LogP) is 2.02. The van der Waals surface area contributed by atoms with E-state index in [2.05, 4.69) is 29.0 Å². The van der Waals surface area contributed by atoms with Crippen LogP contribution in [-0.4, -0.2) is 25.6 Å². The summed E-state index contributed by atoms with van der Waals surface area (Å²) in [4.78, 5) is 7.90. The van der Waals surface area contributed by atoms with Crippen LogP contribution >= 0.6 is 11.3 Å². The molecule has 0 saturated heterocycles. The molecular weight excluding hydrogens is 194 g/mol. The van der Waals surface area contributed by atoms with Gasteiger partial charge in [-0.25, -0.2) is 4.98 Å². The van der Waals surface area contributed by atoms with E-state index in [1.54, 1.807) is 11.3 Å². The Balaban J connectivity index is 2.58. The van der Waals surface area contributed by atoms with Crippen LogP contribution in [0.4, 0.5) is 5.13 Å². The van der Waals surface area contributed by atoms with Gasteiger partial charge in [-0.3, -0.25) is 0 Å². The van der Waals surface area contributed by atoms with Gasteiger partial charge in [0.25, 0.3) is 0 Å². The van der Waals surface area contributed by atoms with Gasteiger partial charge in [-0.1, -0.05) is 6.92 Å². The molecule has 0 bridgehead atoms. The van der Waals surface area contributed by atoms with Crippen molar-refractivity contribution in [3.05, 3.63) is 10.6 Å². The van der Waals surface area contributed by atoms with Gasteiger partial charge < -0.3 is 10.2 Å². The molecule has 1 aromatic rings. The standard InChI is InChI=1S/C10H19N3S/c1-5-6-11-7-9-8(2)12-10(14-9)13(3)4/h11H,5-7H2,1-4H3. The first-order valence-corrected chi connectivity index (χ1v) is 5.81. The molecule has 0 fully saturated rings. The minimum Gasteiger partial charge on any atom is -0.354 e. The molecule has 0 unspecified atom stereocenters. The van der Waals surface area contributed by atoms with Gasteiger partial charge in [-0.05, 0) is 19.9 Å². The molecule has 80 valence electrons. The third-order valence-electron chi connectivity index (χ3n) is 1.98. The molecular formula is C10H19N3S. The smallest absolute Gasteiger partial charge is 0.185 e. The van der Waals surface area contributed by atoms with Crippen LogP contribution in [0.15, 0.2) is 0 Å². The molecule has 0 spiro atoms. The lowest BCUT2D eigenvalue weighted by Gasteiger charge is -2.05. The zero-order valence-electron chi connectivity index (χ0n) is 9.42. The zero-order valence-corrected chi connectivity index (χ0v) is 10.2. The van der Waals surface area contributed by atoms with Crippen LogP contribution in [0.2, 0.25) is 0 Å². The summed E-state index contributed by atoms with van der Waals surface area (Å²) in [6.07, 6.45) is 1.18. The lowest BCUT2D eigenvalue weighted by molar-refractivity contribution is 0.678. The second-order valence-corrected chi connectivity index (χ2v) is 4.64. The third kappa shape index (κ3) is 2.96. The first-order valence-electron chi connectivity index (χ1n) is 4.99. The molecule has 0 radical (unpaired) electrons. The van der Waals surface area contributed by atoms with E-state index >= 15 is 0 Å². The third-order valence-corrected chi connectivity index (χ3v) is 3.30. The highest BCUT2D eigenvalue weighted by Gasteiger charge is 2.07. The van der Waals surface area contributed by atoms with Crippen molar-refractivity contribution >= 4 is 16.5 Å². The van der Waals surface area contributed by atoms with Crippen LogP contribution < -0.4 is 10.2 Å². The van der Waals surface area contributed by atoms with Gasteiger partial charge in [-0.15, -0.1) is 11.3 Å². The van der Waals surface area contributed by atoms with Crippen molar-refractivity contribution in [1.82, 2.24) is 10.3 Å². The average molecular weight is 213 g/mol. The average Bonchev–Trinajstić information content (AvgIpc) is 2.49. The van der Waals surface area contributed by atoms with E-state index in [0.717, 1.165) is 23.9 Å². The molecule has 0 atom stereocenters. The number of nitrogens with one attached hydrogen (secondary N) is 1. The van der Waals surface area contributed by atoms with E-state index in [4.69, 9.17) is 0 Å². The zero-order chi connectivity index (χ0) is 10.6. The molecule has 0 aliphatic rings. The minimum atomic E-state index is 0.950. The van der Waals surface area contributed by atoms with Crippen LogP contribution in [0, 0.1) is 6.92 Å². The summed E-state index contributed by atoms with van der Waals surface area (Å²) in [5.41, 5.74) is 1.15. The summed E-state index contributed by atoms with van der Waals surface area (Å²) in [6.45, 7) is 6.28. The maximum Gasteiger partial charge on any atom is 0.185 e. The largest absolute Gasteiger partial charge is 0.354 e. The molecule has 3 nitrogen and oxygen atoms in total. The molecule has 1 heterocycles. The topological polar surface area (TPSA) is 28.2 Å². The Morgan fingerprint density at radius 3 is 2.64 bits per heavy atom. The van der Waals surface area contributed by atoms with Crippen molar-refractivity contribution < 1.29 is 0 Å². The number of aromatic nitrogens is 1. The van der Waals surface area contributed by atoms with Crippen molar-refractivity contribution in [1.29, 1.82) is 0 Å². The summed E-state index contributed by atoms with van der Waals surface area (Å²) in [5, 5.41) is 4.49. The Morgan fingerprint density at radius 1 is 1.43 bits per heavy atom. The number of anilines is 1. The quantitative estimate of drug-likeness (QED) is 0.758. The van der Waals surface area contributed by atoms with Crippen LogP contribution in [-0.2, 0) is 6.54 Å². The van der Waals surface area contributed by atoms with E-state index < -0.39 is 0 Å². The molecule has 14 heavy (non-hydrogen) atoms. The van der Waals surface area contributed by atoms with Gasteiger partial charge in [0.1, 0.15) is 0 Å². The Morgan fingerprint density at radius 2 is 2.14 bits per heavy atom. The first kappa shape index (κ1) is 11.5. The number of hydrogen-bond donors (Lipinski definition) is 1. The first-order chi connectivity index (χ1) is 6.65. The number of aryl methyl sites for hydroxylation is 1. The monoisotopic (exact) mass is 213 g/mol. The summed E-state index contributed by atoms with van der Waals surface area (Å²) >= 11 is 1.77. The molecule has 0 saturated carbocycles. The van der Waals surface area contributed by atoms with E-state index in [1.165, 1.54) is 11.3 Å². The van der Waals surface area contributed by atoms with Gasteiger partial charge in [0.2, 0.25) is 0 Å². The van der Waals surface area contributed by atoms with Crippen LogP contribution in [0.25, 0.3) is 0 Å². The molecule has 1 rings (SSSR count). The molecule has 4 heteroatoms. The fourth-order valence-corrected chi connectivity index (χ4v) is 2.10. The van der Waals surface area contributed by atoms with Crippen LogP contribution in [0.5, 0.6) is 0 Å². The lowest BCUT2D eigenvalue weighted by Crippen LogP contribution is -2.13. The highest BCUT2D eigenvalue weighted by Crippen LogP contribution is 2.23. The summed E-state index contributed by atoms with van der Waals surface area (Å²) in [5.74, 6) is 0. The van der Waals surface area contributed by atoms with E-state index in [1.807, 2.05) is 14.1 Å². The van der Waals surface area contributed by atoms with E-state index in [-0.39, 0.29) is 0 Å². The normalized spacial score (nSPS) is 10.6. The summed E-state index contributed by atoms with van der Waals surface area (Å²) < 4.78 is 0. The SMILES string of the molecule is CCCNCc1sc(N(C)C)nc1C. The summed E-state index contributed by atoms with van der Waals surface area (Å²) in [7, 11) is 4.06. The Bertz CT molecular complexity index is 281. The van der Waals surface area contributed by atoms with Crippen molar-refractivity contribution in [2.24, 2.45) is 0 Å². The lowest BCUT2D eigenvalue weighted by atomic mass is 10.4. The Kier molecular flexibility index (Phi) is 4.35. The highest BCUT2D eigenvalue weighted by molar-refractivity contribution is 7.15. The number of thiazole rings is 1. The maximum atomic E-state index is 4.49. The molecule has 1 N–H and O–H groups in total. The number of nitrogens with zero attached hydrogens (tertiary/aromatic N) is 2. The van der Waals surface area contributed by atoms with Gasteiger partial charge in [0.15, 0.2) is 5.13 Å². The summed E-state index contributed by atoms with van der Waals surface area (Å²) in [6, 6.07) is 0. The highest BCUT2D eigenvalue weighted by atomic mass is 32.1. The Labute approximate surface area is 90.2 Å². The molecule has 0 aromatic carbocycles. The molecule has 1 aromatic heterocycles. The molecule has 0 amide bonds. The van der Waals surface area contributed by atoms with E-state index in [0.29, 0.717) is 0 Å². The fraction of sp³-hybridized carbons (Fsp3) is 0.700. The fourth-order valence-electron chi connectivity index (χ4n) is 1.15. The van der Waals surface area contributed by atoms with Gasteiger partial charge >= 0.3 is 0 Å². The second kappa shape index (κ2) is 5.32. The van der Waals surface area contributed by atoms with Crippen molar-refractivity contribution in [2.45, 2.75) is 26.8 Å². The van der Waals surface area contributed by atoms with Crippen LogP contribution in [0.3, 0.4) is 0 Å². The van der Waals surface area contributed by atoms with Gasteiger partial charge in [0, 0.05) is 25.5 Å². The molecule has 0 aliphatic carbocycles. The van der Waals surface area contributed by atoms with Crippen molar-refractivity contribution in [2.75, 3.05) is 25.5 Å². The number of hydrogen-bond acceptors (Lipinski definition) is 4. The van der Waals surface area contributed by atoms with Gasteiger partial charge in [0.05, 0.1) is 5.69 Å². The minimum absolute atomic E-state index is 0.950.